The molecule has 1 fully saturated rings. The van der Waals surface area contributed by atoms with Gasteiger partial charge in [0.2, 0.25) is 0 Å². The summed E-state index contributed by atoms with van der Waals surface area (Å²) in [6, 6.07) is 0. The van der Waals surface area contributed by atoms with Gasteiger partial charge in [-0.15, -0.1) is 0 Å². The van der Waals surface area contributed by atoms with Gasteiger partial charge >= 0.3 is 0 Å². The third kappa shape index (κ3) is 2.19. The molecule has 2 atom stereocenters. The number of hydrogen-bond donors (Lipinski definition) is 1. The Morgan fingerprint density at radius 1 is 1.27 bits per heavy atom. The summed E-state index contributed by atoms with van der Waals surface area (Å²) >= 11 is 0. The monoisotopic (exact) mass is 155 g/mol. The molecule has 0 aliphatic heterocycles. The summed E-state index contributed by atoms with van der Waals surface area (Å²) in [7, 11) is 0. The molecule has 11 heavy (non-hydrogen) atoms. The molecule has 0 aromatic carbocycles. The van der Waals surface area contributed by atoms with Gasteiger partial charge in [-0.1, -0.05) is 39.5 Å². The fourth-order valence-corrected chi connectivity index (χ4v) is 2.16. The van der Waals surface area contributed by atoms with E-state index in [0.717, 1.165) is 24.3 Å². The molecule has 1 aliphatic rings. The SMILES string of the molecule is CC(CN)C(C)C1CCCC1. The first-order valence-electron chi connectivity index (χ1n) is 4.95. The summed E-state index contributed by atoms with van der Waals surface area (Å²) < 4.78 is 0. The van der Waals surface area contributed by atoms with Crippen LogP contribution in [0.5, 0.6) is 0 Å². The van der Waals surface area contributed by atoms with E-state index in [1.54, 1.807) is 0 Å². The lowest BCUT2D eigenvalue weighted by Gasteiger charge is -2.24. The van der Waals surface area contributed by atoms with Crippen molar-refractivity contribution in [2.45, 2.75) is 39.5 Å². The third-order valence-corrected chi connectivity index (χ3v) is 3.41. The molecule has 0 saturated heterocycles. The first-order chi connectivity index (χ1) is 5.25. The van der Waals surface area contributed by atoms with E-state index in [1.165, 1.54) is 25.7 Å². The van der Waals surface area contributed by atoms with Gasteiger partial charge in [0.05, 0.1) is 0 Å². The summed E-state index contributed by atoms with van der Waals surface area (Å²) in [5.41, 5.74) is 5.64. The minimum atomic E-state index is 0.720. The van der Waals surface area contributed by atoms with Crippen molar-refractivity contribution in [2.24, 2.45) is 23.5 Å². The van der Waals surface area contributed by atoms with Crippen LogP contribution < -0.4 is 5.73 Å². The summed E-state index contributed by atoms with van der Waals surface area (Å²) in [5, 5.41) is 0. The molecule has 0 amide bonds. The van der Waals surface area contributed by atoms with E-state index in [-0.39, 0.29) is 0 Å². The zero-order valence-corrected chi connectivity index (χ0v) is 7.84. The van der Waals surface area contributed by atoms with Crippen molar-refractivity contribution >= 4 is 0 Å². The molecule has 66 valence electrons. The van der Waals surface area contributed by atoms with Crippen LogP contribution in [0.15, 0.2) is 0 Å². The Morgan fingerprint density at radius 3 is 2.27 bits per heavy atom. The maximum absolute atomic E-state index is 5.64. The Balaban J connectivity index is 2.32. The second kappa shape index (κ2) is 4.10. The molecule has 0 aromatic rings. The van der Waals surface area contributed by atoms with Gasteiger partial charge < -0.3 is 5.73 Å². The molecule has 0 bridgehead atoms. The van der Waals surface area contributed by atoms with Crippen LogP contribution in [0, 0.1) is 17.8 Å². The molecule has 2 unspecified atom stereocenters. The van der Waals surface area contributed by atoms with E-state index in [0.29, 0.717) is 0 Å². The van der Waals surface area contributed by atoms with Crippen molar-refractivity contribution in [2.75, 3.05) is 6.54 Å². The van der Waals surface area contributed by atoms with Crippen LogP contribution in [0.2, 0.25) is 0 Å². The maximum atomic E-state index is 5.64. The summed E-state index contributed by atoms with van der Waals surface area (Å²) in [5.74, 6) is 2.55. The topological polar surface area (TPSA) is 26.0 Å². The van der Waals surface area contributed by atoms with Gasteiger partial charge in [0.15, 0.2) is 0 Å². The number of nitrogens with two attached hydrogens (primary N) is 1. The van der Waals surface area contributed by atoms with Crippen molar-refractivity contribution in [1.82, 2.24) is 0 Å². The van der Waals surface area contributed by atoms with E-state index < -0.39 is 0 Å². The van der Waals surface area contributed by atoms with Crippen LogP contribution in [-0.2, 0) is 0 Å². The minimum Gasteiger partial charge on any atom is -0.330 e. The first-order valence-corrected chi connectivity index (χ1v) is 4.95. The molecule has 2 N–H and O–H groups in total. The van der Waals surface area contributed by atoms with Crippen molar-refractivity contribution < 1.29 is 0 Å². The van der Waals surface area contributed by atoms with E-state index >= 15 is 0 Å². The Labute approximate surface area is 70.4 Å². The van der Waals surface area contributed by atoms with Crippen LogP contribution in [0.25, 0.3) is 0 Å². The second-order valence-corrected chi connectivity index (χ2v) is 4.12. The van der Waals surface area contributed by atoms with Crippen LogP contribution in [-0.4, -0.2) is 6.54 Å². The predicted octanol–water partition coefficient (Wildman–Crippen LogP) is 2.41. The standard InChI is InChI=1S/C10H21N/c1-8(7-11)9(2)10-5-3-4-6-10/h8-10H,3-7,11H2,1-2H3. The Hall–Kier alpha value is -0.0400. The van der Waals surface area contributed by atoms with E-state index in [1.807, 2.05) is 0 Å². The molecular formula is C10H21N. The largest absolute Gasteiger partial charge is 0.330 e. The van der Waals surface area contributed by atoms with E-state index in [9.17, 15) is 0 Å². The molecule has 0 heterocycles. The van der Waals surface area contributed by atoms with Crippen LogP contribution in [0.1, 0.15) is 39.5 Å². The van der Waals surface area contributed by atoms with Crippen molar-refractivity contribution in [3.8, 4) is 0 Å². The van der Waals surface area contributed by atoms with Gasteiger partial charge in [0.25, 0.3) is 0 Å². The molecule has 1 aliphatic carbocycles. The van der Waals surface area contributed by atoms with Crippen LogP contribution in [0.3, 0.4) is 0 Å². The van der Waals surface area contributed by atoms with Gasteiger partial charge in [-0.2, -0.15) is 0 Å². The third-order valence-electron chi connectivity index (χ3n) is 3.41. The summed E-state index contributed by atoms with van der Waals surface area (Å²) in [6.07, 6.45) is 5.80. The smallest absolute Gasteiger partial charge is 0.00489 e. The molecule has 1 saturated carbocycles. The lowest BCUT2D eigenvalue weighted by molar-refractivity contribution is 0.271. The van der Waals surface area contributed by atoms with Crippen molar-refractivity contribution in [3.05, 3.63) is 0 Å². The normalized spacial score (nSPS) is 25.4. The Kier molecular flexibility index (Phi) is 3.38. The summed E-state index contributed by atoms with van der Waals surface area (Å²) in [6.45, 7) is 5.51. The highest BCUT2D eigenvalue weighted by Gasteiger charge is 2.24. The highest BCUT2D eigenvalue weighted by molar-refractivity contribution is 4.76. The minimum absolute atomic E-state index is 0.720. The van der Waals surface area contributed by atoms with Gasteiger partial charge in [-0.05, 0) is 24.3 Å². The summed E-state index contributed by atoms with van der Waals surface area (Å²) in [4.78, 5) is 0. The molecule has 0 spiro atoms. The van der Waals surface area contributed by atoms with E-state index in [2.05, 4.69) is 13.8 Å². The molecule has 0 aromatic heterocycles. The molecular weight excluding hydrogens is 134 g/mol. The Morgan fingerprint density at radius 2 is 1.82 bits per heavy atom. The van der Waals surface area contributed by atoms with Crippen LogP contribution >= 0.6 is 0 Å². The van der Waals surface area contributed by atoms with Crippen LogP contribution in [0.4, 0.5) is 0 Å². The first kappa shape index (κ1) is 9.05. The molecule has 1 rings (SSSR count). The number of rotatable bonds is 3. The zero-order chi connectivity index (χ0) is 8.27. The predicted molar refractivity (Wildman–Crippen MR) is 49.3 cm³/mol. The average Bonchev–Trinajstić information content (AvgIpc) is 2.53. The second-order valence-electron chi connectivity index (χ2n) is 4.12. The highest BCUT2D eigenvalue weighted by atomic mass is 14.6. The lowest BCUT2D eigenvalue weighted by Crippen LogP contribution is -2.23. The van der Waals surface area contributed by atoms with Crippen molar-refractivity contribution in [1.29, 1.82) is 0 Å². The molecule has 1 heteroatoms. The fraction of sp³-hybridized carbons (Fsp3) is 1.00. The van der Waals surface area contributed by atoms with Gasteiger partial charge in [0.1, 0.15) is 0 Å². The number of hydrogen-bond acceptors (Lipinski definition) is 1. The lowest BCUT2D eigenvalue weighted by atomic mass is 9.83. The maximum Gasteiger partial charge on any atom is -0.00489 e. The van der Waals surface area contributed by atoms with Gasteiger partial charge in [-0.3, -0.25) is 0 Å². The van der Waals surface area contributed by atoms with E-state index in [4.69, 9.17) is 5.73 Å². The molecule has 0 radical (unpaired) electrons. The van der Waals surface area contributed by atoms with Crippen molar-refractivity contribution in [3.63, 3.8) is 0 Å². The highest BCUT2D eigenvalue weighted by Crippen LogP contribution is 2.34. The Bertz CT molecular complexity index is 105. The quantitative estimate of drug-likeness (QED) is 0.665. The average molecular weight is 155 g/mol. The fourth-order valence-electron chi connectivity index (χ4n) is 2.16. The molecule has 1 nitrogen and oxygen atoms in total. The zero-order valence-electron chi connectivity index (χ0n) is 7.84. The van der Waals surface area contributed by atoms with Gasteiger partial charge in [0, 0.05) is 0 Å². The van der Waals surface area contributed by atoms with Gasteiger partial charge in [-0.25, -0.2) is 0 Å².